The van der Waals surface area contributed by atoms with Crippen LogP contribution in [0.3, 0.4) is 0 Å². The standard InChI is InChI=1S/C17H20FNO2/c1-11-4-7-16(20-2)13(8-11)9-15(19)12-5-6-14(18)17(10-12)21-3/h4-8,10,15H,9,19H2,1-3H3. The molecule has 1 unspecified atom stereocenters. The number of ether oxygens (including phenoxy) is 2. The largest absolute Gasteiger partial charge is 0.496 e. The predicted octanol–water partition coefficient (Wildman–Crippen LogP) is 3.39. The SMILES string of the molecule is COc1cc(C(N)Cc2cc(C)ccc2OC)ccc1F. The van der Waals surface area contributed by atoms with Crippen molar-refractivity contribution in [2.45, 2.75) is 19.4 Å². The lowest BCUT2D eigenvalue weighted by Gasteiger charge is -2.16. The quantitative estimate of drug-likeness (QED) is 0.917. The minimum absolute atomic E-state index is 0.208. The van der Waals surface area contributed by atoms with E-state index >= 15 is 0 Å². The van der Waals surface area contributed by atoms with Gasteiger partial charge in [0.1, 0.15) is 5.75 Å². The van der Waals surface area contributed by atoms with Crippen molar-refractivity contribution in [3.8, 4) is 11.5 Å². The molecule has 0 saturated carbocycles. The molecular formula is C17H20FNO2. The van der Waals surface area contributed by atoms with Crippen molar-refractivity contribution in [2.75, 3.05) is 14.2 Å². The molecule has 0 aliphatic rings. The molecule has 0 bridgehead atoms. The molecule has 0 fully saturated rings. The third kappa shape index (κ3) is 3.52. The molecule has 2 aromatic rings. The first kappa shape index (κ1) is 15.3. The van der Waals surface area contributed by atoms with Crippen LogP contribution in [0, 0.1) is 12.7 Å². The molecule has 0 aliphatic carbocycles. The first-order valence-electron chi connectivity index (χ1n) is 6.77. The monoisotopic (exact) mass is 289 g/mol. The van der Waals surface area contributed by atoms with Crippen LogP contribution in [-0.2, 0) is 6.42 Å². The second-order valence-electron chi connectivity index (χ2n) is 5.02. The fourth-order valence-electron chi connectivity index (χ4n) is 2.33. The summed E-state index contributed by atoms with van der Waals surface area (Å²) in [6, 6.07) is 10.4. The van der Waals surface area contributed by atoms with E-state index in [0.29, 0.717) is 6.42 Å². The molecule has 0 amide bonds. The van der Waals surface area contributed by atoms with Crippen molar-refractivity contribution in [3.63, 3.8) is 0 Å². The van der Waals surface area contributed by atoms with Gasteiger partial charge < -0.3 is 15.2 Å². The van der Waals surface area contributed by atoms with Crippen LogP contribution in [0.5, 0.6) is 11.5 Å². The van der Waals surface area contributed by atoms with Crippen molar-refractivity contribution in [2.24, 2.45) is 5.73 Å². The lowest BCUT2D eigenvalue weighted by molar-refractivity contribution is 0.385. The first-order valence-corrected chi connectivity index (χ1v) is 6.77. The van der Waals surface area contributed by atoms with E-state index in [1.165, 1.54) is 13.2 Å². The van der Waals surface area contributed by atoms with Crippen molar-refractivity contribution < 1.29 is 13.9 Å². The van der Waals surface area contributed by atoms with E-state index in [2.05, 4.69) is 6.07 Å². The highest BCUT2D eigenvalue weighted by molar-refractivity contribution is 5.39. The number of hydrogen-bond donors (Lipinski definition) is 1. The highest BCUT2D eigenvalue weighted by Gasteiger charge is 2.13. The predicted molar refractivity (Wildman–Crippen MR) is 81.3 cm³/mol. The molecule has 0 radical (unpaired) electrons. The molecule has 4 heteroatoms. The molecule has 2 rings (SSSR count). The number of nitrogens with two attached hydrogens (primary N) is 1. The molecule has 2 N–H and O–H groups in total. The smallest absolute Gasteiger partial charge is 0.165 e. The Morgan fingerprint density at radius 3 is 2.43 bits per heavy atom. The van der Waals surface area contributed by atoms with Gasteiger partial charge in [-0.25, -0.2) is 4.39 Å². The summed E-state index contributed by atoms with van der Waals surface area (Å²) in [7, 11) is 3.08. The van der Waals surface area contributed by atoms with Crippen LogP contribution >= 0.6 is 0 Å². The summed E-state index contributed by atoms with van der Waals surface area (Å²) < 4.78 is 23.8. The molecule has 0 spiro atoms. The number of hydrogen-bond acceptors (Lipinski definition) is 3. The van der Waals surface area contributed by atoms with E-state index in [4.69, 9.17) is 15.2 Å². The minimum Gasteiger partial charge on any atom is -0.496 e. The molecule has 112 valence electrons. The van der Waals surface area contributed by atoms with E-state index in [9.17, 15) is 4.39 Å². The summed E-state index contributed by atoms with van der Waals surface area (Å²) in [5.74, 6) is 0.630. The number of halogens is 1. The topological polar surface area (TPSA) is 44.5 Å². The highest BCUT2D eigenvalue weighted by Crippen LogP contribution is 2.27. The third-order valence-corrected chi connectivity index (χ3v) is 3.48. The number of rotatable bonds is 5. The molecule has 21 heavy (non-hydrogen) atoms. The van der Waals surface area contributed by atoms with E-state index < -0.39 is 0 Å². The lowest BCUT2D eigenvalue weighted by Crippen LogP contribution is -2.14. The number of aryl methyl sites for hydroxylation is 1. The summed E-state index contributed by atoms with van der Waals surface area (Å²) in [5, 5.41) is 0. The molecular weight excluding hydrogens is 269 g/mol. The lowest BCUT2D eigenvalue weighted by atomic mass is 9.97. The van der Waals surface area contributed by atoms with Gasteiger partial charge in [0.15, 0.2) is 11.6 Å². The Labute approximate surface area is 124 Å². The molecule has 2 aromatic carbocycles. The summed E-state index contributed by atoms with van der Waals surface area (Å²) in [6.45, 7) is 2.02. The normalized spacial score (nSPS) is 12.0. The zero-order valence-corrected chi connectivity index (χ0v) is 12.5. The Bertz CT molecular complexity index is 628. The van der Waals surface area contributed by atoms with Crippen LogP contribution in [0.15, 0.2) is 36.4 Å². The van der Waals surface area contributed by atoms with Crippen LogP contribution in [-0.4, -0.2) is 14.2 Å². The van der Waals surface area contributed by atoms with Crippen LogP contribution in [0.25, 0.3) is 0 Å². The maximum Gasteiger partial charge on any atom is 0.165 e. The van der Waals surface area contributed by atoms with Crippen molar-refractivity contribution in [3.05, 3.63) is 58.9 Å². The van der Waals surface area contributed by atoms with E-state index in [0.717, 1.165) is 22.4 Å². The van der Waals surface area contributed by atoms with Crippen molar-refractivity contribution in [1.82, 2.24) is 0 Å². The highest BCUT2D eigenvalue weighted by atomic mass is 19.1. The first-order chi connectivity index (χ1) is 10.0. The van der Waals surface area contributed by atoms with Crippen molar-refractivity contribution in [1.29, 1.82) is 0 Å². The average molecular weight is 289 g/mol. The Balaban J connectivity index is 2.25. The molecule has 0 aromatic heterocycles. The fourth-order valence-corrected chi connectivity index (χ4v) is 2.33. The molecule has 0 aliphatic heterocycles. The zero-order chi connectivity index (χ0) is 15.4. The van der Waals surface area contributed by atoms with Gasteiger partial charge in [-0.2, -0.15) is 0 Å². The summed E-state index contributed by atoms with van der Waals surface area (Å²) in [4.78, 5) is 0. The number of methoxy groups -OCH3 is 2. The van der Waals surface area contributed by atoms with E-state index in [-0.39, 0.29) is 17.6 Å². The molecule has 0 heterocycles. The van der Waals surface area contributed by atoms with Crippen LogP contribution in [0.2, 0.25) is 0 Å². The van der Waals surface area contributed by atoms with Gasteiger partial charge >= 0.3 is 0 Å². The second-order valence-corrected chi connectivity index (χ2v) is 5.02. The van der Waals surface area contributed by atoms with Crippen molar-refractivity contribution >= 4 is 0 Å². The maximum absolute atomic E-state index is 13.4. The van der Waals surface area contributed by atoms with Crippen LogP contribution in [0.1, 0.15) is 22.7 Å². The van der Waals surface area contributed by atoms with Crippen LogP contribution < -0.4 is 15.2 Å². The summed E-state index contributed by atoms with van der Waals surface area (Å²) in [5.41, 5.74) is 9.25. The fraction of sp³-hybridized carbons (Fsp3) is 0.294. The van der Waals surface area contributed by atoms with E-state index in [1.807, 2.05) is 19.1 Å². The summed E-state index contributed by atoms with van der Waals surface area (Å²) in [6.07, 6.45) is 0.611. The Hall–Kier alpha value is -2.07. The van der Waals surface area contributed by atoms with Gasteiger partial charge in [0.2, 0.25) is 0 Å². The molecule has 1 atom stereocenters. The molecule has 0 saturated heterocycles. The third-order valence-electron chi connectivity index (χ3n) is 3.48. The van der Waals surface area contributed by atoms with Gasteiger partial charge in [-0.3, -0.25) is 0 Å². The molecule has 3 nitrogen and oxygen atoms in total. The van der Waals surface area contributed by atoms with Gasteiger partial charge in [0, 0.05) is 6.04 Å². The Morgan fingerprint density at radius 1 is 1.05 bits per heavy atom. The van der Waals surface area contributed by atoms with Gasteiger partial charge in [0.05, 0.1) is 14.2 Å². The van der Waals surface area contributed by atoms with Gasteiger partial charge in [-0.05, 0) is 42.7 Å². The van der Waals surface area contributed by atoms with Crippen LogP contribution in [0.4, 0.5) is 4.39 Å². The van der Waals surface area contributed by atoms with Gasteiger partial charge in [-0.15, -0.1) is 0 Å². The Kier molecular flexibility index (Phi) is 4.81. The average Bonchev–Trinajstić information content (AvgIpc) is 2.48. The maximum atomic E-state index is 13.4. The zero-order valence-electron chi connectivity index (χ0n) is 12.5. The Morgan fingerprint density at radius 2 is 1.76 bits per heavy atom. The minimum atomic E-state index is -0.387. The second kappa shape index (κ2) is 6.59. The number of benzene rings is 2. The van der Waals surface area contributed by atoms with E-state index in [1.54, 1.807) is 19.2 Å². The van der Waals surface area contributed by atoms with Gasteiger partial charge in [0.25, 0.3) is 0 Å². The van der Waals surface area contributed by atoms with Gasteiger partial charge in [-0.1, -0.05) is 23.8 Å². The summed E-state index contributed by atoms with van der Waals surface area (Å²) >= 11 is 0.